The van der Waals surface area contributed by atoms with Crippen LogP contribution in [-0.2, 0) is 0 Å². The van der Waals surface area contributed by atoms with Crippen LogP contribution in [0.4, 0.5) is 11.9 Å². The summed E-state index contributed by atoms with van der Waals surface area (Å²) in [5.41, 5.74) is 6.52. The van der Waals surface area contributed by atoms with E-state index in [0.717, 1.165) is 5.69 Å². The van der Waals surface area contributed by atoms with E-state index in [2.05, 4.69) is 30.1 Å². The van der Waals surface area contributed by atoms with Gasteiger partial charge < -0.3 is 20.0 Å². The number of rotatable bonds is 5. The van der Waals surface area contributed by atoms with Gasteiger partial charge in [0.1, 0.15) is 11.5 Å². The van der Waals surface area contributed by atoms with E-state index in [-0.39, 0.29) is 11.2 Å². The standard InChI is InChI=1S/C13H16N8OS/c1-7(9-16-11(14)18-12(17-9)21(2)3)23-13-20-19-10(22-13)8-5-4-6-15-8/h4-7,15H,1-3H3,(H2,14,16,17,18). The van der Waals surface area contributed by atoms with Gasteiger partial charge in [-0.2, -0.15) is 15.0 Å². The Kier molecular flexibility index (Phi) is 4.15. The minimum Gasteiger partial charge on any atom is -0.410 e. The van der Waals surface area contributed by atoms with Crippen LogP contribution in [0.2, 0.25) is 0 Å². The Bertz CT molecular complexity index is 785. The summed E-state index contributed by atoms with van der Waals surface area (Å²) in [5, 5.41) is 8.37. The van der Waals surface area contributed by atoms with Gasteiger partial charge in [0.15, 0.2) is 0 Å². The van der Waals surface area contributed by atoms with Gasteiger partial charge in [0.25, 0.3) is 11.1 Å². The molecule has 0 fully saturated rings. The first-order chi connectivity index (χ1) is 11.0. The number of nitrogens with one attached hydrogen (secondary N) is 1. The molecule has 10 heteroatoms. The molecule has 0 aliphatic rings. The molecule has 120 valence electrons. The maximum Gasteiger partial charge on any atom is 0.277 e. The van der Waals surface area contributed by atoms with E-state index in [0.29, 0.717) is 22.9 Å². The smallest absolute Gasteiger partial charge is 0.277 e. The molecule has 3 aromatic rings. The van der Waals surface area contributed by atoms with Gasteiger partial charge in [0.2, 0.25) is 11.9 Å². The minimum absolute atomic E-state index is 0.115. The lowest BCUT2D eigenvalue weighted by Crippen LogP contribution is -2.16. The van der Waals surface area contributed by atoms with Crippen LogP contribution < -0.4 is 10.6 Å². The summed E-state index contributed by atoms with van der Waals surface area (Å²) in [6.45, 7) is 1.94. The lowest BCUT2D eigenvalue weighted by molar-refractivity contribution is 0.463. The van der Waals surface area contributed by atoms with Crippen LogP contribution in [0.3, 0.4) is 0 Å². The van der Waals surface area contributed by atoms with E-state index in [1.807, 2.05) is 33.2 Å². The fourth-order valence-corrected chi connectivity index (χ4v) is 2.54. The molecule has 3 aromatic heterocycles. The van der Waals surface area contributed by atoms with Crippen molar-refractivity contribution in [1.82, 2.24) is 30.1 Å². The van der Waals surface area contributed by atoms with Crippen molar-refractivity contribution in [3.8, 4) is 11.6 Å². The highest BCUT2D eigenvalue weighted by Crippen LogP contribution is 2.33. The molecule has 0 radical (unpaired) electrons. The van der Waals surface area contributed by atoms with Crippen molar-refractivity contribution in [2.75, 3.05) is 24.7 Å². The molecule has 3 heterocycles. The molecule has 1 atom stereocenters. The van der Waals surface area contributed by atoms with E-state index in [1.165, 1.54) is 11.8 Å². The molecule has 0 amide bonds. The number of aromatic amines is 1. The SMILES string of the molecule is CC(Sc1nnc(-c2ccc[nH]2)o1)c1nc(N)nc(N(C)C)n1. The fraction of sp³-hybridized carbons (Fsp3) is 0.308. The van der Waals surface area contributed by atoms with Gasteiger partial charge >= 0.3 is 0 Å². The second kappa shape index (κ2) is 6.24. The summed E-state index contributed by atoms with van der Waals surface area (Å²) >= 11 is 1.36. The molecular formula is C13H16N8OS. The van der Waals surface area contributed by atoms with Crippen molar-refractivity contribution in [3.05, 3.63) is 24.2 Å². The van der Waals surface area contributed by atoms with Crippen LogP contribution in [0, 0.1) is 0 Å². The lowest BCUT2D eigenvalue weighted by Gasteiger charge is -2.13. The first-order valence-corrected chi connectivity index (χ1v) is 7.73. The molecule has 3 N–H and O–H groups in total. The molecule has 0 aliphatic heterocycles. The maximum absolute atomic E-state index is 5.74. The maximum atomic E-state index is 5.74. The van der Waals surface area contributed by atoms with Crippen molar-refractivity contribution in [3.63, 3.8) is 0 Å². The molecule has 0 bridgehead atoms. The largest absolute Gasteiger partial charge is 0.410 e. The van der Waals surface area contributed by atoms with Crippen LogP contribution in [-0.4, -0.2) is 44.2 Å². The summed E-state index contributed by atoms with van der Waals surface area (Å²) in [5.74, 6) is 1.70. The Morgan fingerprint density at radius 3 is 2.78 bits per heavy atom. The normalized spacial score (nSPS) is 12.3. The van der Waals surface area contributed by atoms with Gasteiger partial charge in [0.05, 0.1) is 5.25 Å². The van der Waals surface area contributed by atoms with Crippen LogP contribution in [0.5, 0.6) is 0 Å². The van der Waals surface area contributed by atoms with E-state index in [1.54, 1.807) is 11.1 Å². The van der Waals surface area contributed by atoms with Crippen molar-refractivity contribution in [1.29, 1.82) is 0 Å². The summed E-state index contributed by atoms with van der Waals surface area (Å²) in [4.78, 5) is 17.4. The van der Waals surface area contributed by atoms with Gasteiger partial charge in [-0.1, -0.05) is 11.8 Å². The predicted octanol–water partition coefficient (Wildman–Crippen LogP) is 1.75. The average Bonchev–Trinajstić information content (AvgIpc) is 3.17. The van der Waals surface area contributed by atoms with Gasteiger partial charge in [-0.3, -0.25) is 0 Å². The number of anilines is 2. The number of aromatic nitrogens is 6. The molecule has 0 spiro atoms. The zero-order valence-electron chi connectivity index (χ0n) is 12.9. The first kappa shape index (κ1) is 15.3. The third-order valence-corrected chi connectivity index (χ3v) is 3.87. The molecule has 9 nitrogen and oxygen atoms in total. The van der Waals surface area contributed by atoms with Gasteiger partial charge in [-0.15, -0.1) is 10.2 Å². The van der Waals surface area contributed by atoms with Crippen LogP contribution >= 0.6 is 11.8 Å². The monoisotopic (exact) mass is 332 g/mol. The van der Waals surface area contributed by atoms with E-state index in [4.69, 9.17) is 10.2 Å². The van der Waals surface area contributed by atoms with Crippen LogP contribution in [0.15, 0.2) is 28.0 Å². The molecule has 0 saturated carbocycles. The molecule has 0 aliphatic carbocycles. The zero-order valence-corrected chi connectivity index (χ0v) is 13.7. The highest BCUT2D eigenvalue weighted by atomic mass is 32.2. The second-order valence-corrected chi connectivity index (χ2v) is 6.26. The summed E-state index contributed by atoms with van der Waals surface area (Å²) in [7, 11) is 3.69. The molecule has 3 rings (SSSR count). The molecule has 0 aromatic carbocycles. The van der Waals surface area contributed by atoms with E-state index in [9.17, 15) is 0 Å². The van der Waals surface area contributed by atoms with Crippen molar-refractivity contribution >= 4 is 23.7 Å². The van der Waals surface area contributed by atoms with Gasteiger partial charge in [-0.05, 0) is 19.1 Å². The van der Waals surface area contributed by atoms with Crippen molar-refractivity contribution in [2.45, 2.75) is 17.4 Å². The van der Waals surface area contributed by atoms with Crippen LogP contribution in [0.25, 0.3) is 11.6 Å². The Morgan fingerprint density at radius 1 is 1.26 bits per heavy atom. The highest BCUT2D eigenvalue weighted by Gasteiger charge is 2.18. The average molecular weight is 332 g/mol. The minimum atomic E-state index is -0.115. The Balaban J connectivity index is 1.78. The molecule has 0 saturated heterocycles. The number of hydrogen-bond donors (Lipinski definition) is 2. The lowest BCUT2D eigenvalue weighted by atomic mass is 10.4. The predicted molar refractivity (Wildman–Crippen MR) is 86.9 cm³/mol. The van der Waals surface area contributed by atoms with Crippen molar-refractivity contribution < 1.29 is 4.42 Å². The molecule has 23 heavy (non-hydrogen) atoms. The van der Waals surface area contributed by atoms with E-state index >= 15 is 0 Å². The quantitative estimate of drug-likeness (QED) is 0.672. The number of thioether (sulfide) groups is 1. The topological polar surface area (TPSA) is 123 Å². The molecule has 1 unspecified atom stereocenters. The summed E-state index contributed by atoms with van der Waals surface area (Å²) in [6.07, 6.45) is 1.80. The number of nitrogens with zero attached hydrogens (tertiary/aromatic N) is 6. The number of hydrogen-bond acceptors (Lipinski definition) is 9. The summed E-state index contributed by atoms with van der Waals surface area (Å²) < 4.78 is 5.62. The van der Waals surface area contributed by atoms with E-state index < -0.39 is 0 Å². The highest BCUT2D eigenvalue weighted by molar-refractivity contribution is 7.99. The Labute approximate surface area is 136 Å². The Morgan fingerprint density at radius 2 is 2.09 bits per heavy atom. The molecular weight excluding hydrogens is 316 g/mol. The fourth-order valence-electron chi connectivity index (χ4n) is 1.81. The summed E-state index contributed by atoms with van der Waals surface area (Å²) in [6, 6.07) is 3.73. The van der Waals surface area contributed by atoms with Gasteiger partial charge in [0, 0.05) is 20.3 Å². The number of nitrogens with two attached hydrogens (primary N) is 1. The number of nitrogen functional groups attached to an aromatic ring is 1. The van der Waals surface area contributed by atoms with Crippen LogP contribution in [0.1, 0.15) is 18.0 Å². The zero-order chi connectivity index (χ0) is 16.4. The second-order valence-electron chi connectivity index (χ2n) is 4.96. The third kappa shape index (κ3) is 3.42. The first-order valence-electron chi connectivity index (χ1n) is 6.85. The van der Waals surface area contributed by atoms with Gasteiger partial charge in [-0.25, -0.2) is 0 Å². The van der Waals surface area contributed by atoms with Crippen molar-refractivity contribution in [2.24, 2.45) is 0 Å². The Hall–Kier alpha value is -2.62. The number of H-pyrrole nitrogens is 1. The third-order valence-electron chi connectivity index (χ3n) is 2.93.